The van der Waals surface area contributed by atoms with Gasteiger partial charge in [-0.2, -0.15) is 0 Å². The zero-order chi connectivity index (χ0) is 19.9. The fourth-order valence-electron chi connectivity index (χ4n) is 2.74. The predicted octanol–water partition coefficient (Wildman–Crippen LogP) is 3.94. The molecule has 0 aliphatic carbocycles. The molecule has 3 aromatic rings. The van der Waals surface area contributed by atoms with Crippen LogP contribution in [0.1, 0.15) is 11.1 Å². The van der Waals surface area contributed by atoms with Gasteiger partial charge in [0.25, 0.3) is 0 Å². The number of amides is 1. The van der Waals surface area contributed by atoms with Crippen molar-refractivity contribution in [2.45, 2.75) is 25.5 Å². The van der Waals surface area contributed by atoms with E-state index in [4.69, 9.17) is 4.74 Å². The summed E-state index contributed by atoms with van der Waals surface area (Å²) in [4.78, 5) is 12.3. The first-order valence-corrected chi connectivity index (χ1v) is 10.0. The Kier molecular flexibility index (Phi) is 6.84. The van der Waals surface area contributed by atoms with Crippen molar-refractivity contribution in [2.24, 2.45) is 0 Å². The van der Waals surface area contributed by atoms with Crippen LogP contribution in [-0.4, -0.2) is 40.1 Å². The van der Waals surface area contributed by atoms with Gasteiger partial charge in [0.05, 0.1) is 18.9 Å². The molecular formula is C21H24N4O2S. The number of nitrogens with zero attached hydrogens (tertiary/aromatic N) is 3. The Morgan fingerprint density at radius 2 is 1.89 bits per heavy atom. The lowest BCUT2D eigenvalue weighted by Crippen LogP contribution is -2.15. The third kappa shape index (κ3) is 5.21. The number of thioether (sulfide) groups is 1. The van der Waals surface area contributed by atoms with Gasteiger partial charge >= 0.3 is 0 Å². The Labute approximate surface area is 169 Å². The Balaban J connectivity index is 1.72. The van der Waals surface area contributed by atoms with Gasteiger partial charge in [0.15, 0.2) is 11.0 Å². The Bertz CT molecular complexity index is 938. The molecular weight excluding hydrogens is 372 g/mol. The van der Waals surface area contributed by atoms with Gasteiger partial charge in [0, 0.05) is 18.4 Å². The normalized spacial score (nSPS) is 10.8. The fraction of sp³-hybridized carbons (Fsp3) is 0.286. The second-order valence-electron chi connectivity index (χ2n) is 6.52. The molecule has 1 aromatic heterocycles. The molecule has 0 fully saturated rings. The first kappa shape index (κ1) is 20.1. The van der Waals surface area contributed by atoms with E-state index in [0.717, 1.165) is 28.2 Å². The van der Waals surface area contributed by atoms with Crippen LogP contribution in [0.25, 0.3) is 11.4 Å². The van der Waals surface area contributed by atoms with Crippen LogP contribution in [0.3, 0.4) is 0 Å². The van der Waals surface area contributed by atoms with Crippen LogP contribution in [0.2, 0.25) is 0 Å². The summed E-state index contributed by atoms with van der Waals surface area (Å²) in [6.07, 6.45) is 0. The van der Waals surface area contributed by atoms with Crippen LogP contribution in [0.15, 0.2) is 53.7 Å². The average Bonchev–Trinajstić information content (AvgIpc) is 3.09. The van der Waals surface area contributed by atoms with Gasteiger partial charge in [-0.3, -0.25) is 9.36 Å². The zero-order valence-electron chi connectivity index (χ0n) is 16.3. The van der Waals surface area contributed by atoms with Gasteiger partial charge in [0.1, 0.15) is 0 Å². The molecule has 3 rings (SSSR count). The number of methoxy groups -OCH3 is 1. The third-order valence-electron chi connectivity index (χ3n) is 4.18. The van der Waals surface area contributed by atoms with Crippen LogP contribution >= 0.6 is 11.8 Å². The van der Waals surface area contributed by atoms with Crippen molar-refractivity contribution in [3.63, 3.8) is 0 Å². The van der Waals surface area contributed by atoms with Crippen molar-refractivity contribution in [3.05, 3.63) is 59.7 Å². The number of rotatable bonds is 8. The molecule has 0 saturated carbocycles. The van der Waals surface area contributed by atoms with Crippen LogP contribution in [-0.2, 0) is 16.1 Å². The SMILES string of the molecule is COCCn1c(SCC(=O)Nc2ccc(C)cc2)nnc1-c1cccc(C)c1. The summed E-state index contributed by atoms with van der Waals surface area (Å²) in [5.41, 5.74) is 4.10. The summed E-state index contributed by atoms with van der Waals surface area (Å²) in [6.45, 7) is 5.22. The molecule has 1 amide bonds. The summed E-state index contributed by atoms with van der Waals surface area (Å²) in [5, 5.41) is 12.3. The standard InChI is InChI=1S/C21H24N4O2S/c1-15-7-9-18(10-8-15)22-19(26)14-28-21-24-23-20(25(21)11-12-27-3)17-6-4-5-16(2)13-17/h4-10,13H,11-12,14H2,1-3H3,(H,22,26). The van der Waals surface area contributed by atoms with E-state index in [1.807, 2.05) is 60.9 Å². The molecule has 0 spiro atoms. The largest absolute Gasteiger partial charge is 0.383 e. The van der Waals surface area contributed by atoms with Gasteiger partial charge in [-0.25, -0.2) is 0 Å². The van der Waals surface area contributed by atoms with Crippen LogP contribution < -0.4 is 5.32 Å². The van der Waals surface area contributed by atoms with E-state index < -0.39 is 0 Å². The summed E-state index contributed by atoms with van der Waals surface area (Å²) in [5.74, 6) is 0.960. The number of ether oxygens (including phenoxy) is 1. The first-order valence-electron chi connectivity index (χ1n) is 9.05. The minimum atomic E-state index is -0.0766. The number of anilines is 1. The van der Waals surface area contributed by atoms with Crippen molar-refractivity contribution in [2.75, 3.05) is 24.8 Å². The van der Waals surface area contributed by atoms with Gasteiger partial charge < -0.3 is 10.1 Å². The summed E-state index contributed by atoms with van der Waals surface area (Å²) in [7, 11) is 1.67. The minimum Gasteiger partial charge on any atom is -0.383 e. The maximum atomic E-state index is 12.3. The number of nitrogens with one attached hydrogen (secondary N) is 1. The van der Waals surface area contributed by atoms with Crippen LogP contribution in [0, 0.1) is 13.8 Å². The zero-order valence-corrected chi connectivity index (χ0v) is 17.1. The lowest BCUT2D eigenvalue weighted by molar-refractivity contribution is -0.113. The van der Waals surface area contributed by atoms with Crippen molar-refractivity contribution in [3.8, 4) is 11.4 Å². The molecule has 0 saturated heterocycles. The van der Waals surface area contributed by atoms with E-state index in [0.29, 0.717) is 18.3 Å². The number of benzene rings is 2. The molecule has 0 radical (unpaired) electrons. The number of hydrogen-bond donors (Lipinski definition) is 1. The molecule has 1 N–H and O–H groups in total. The highest BCUT2D eigenvalue weighted by Crippen LogP contribution is 2.25. The van der Waals surface area contributed by atoms with E-state index in [1.165, 1.54) is 11.8 Å². The van der Waals surface area contributed by atoms with Crippen molar-refractivity contribution >= 4 is 23.4 Å². The second kappa shape index (κ2) is 9.52. The molecule has 0 unspecified atom stereocenters. The van der Waals surface area contributed by atoms with E-state index in [-0.39, 0.29) is 11.7 Å². The van der Waals surface area contributed by atoms with E-state index in [2.05, 4.69) is 21.6 Å². The number of carbonyl (C=O) groups is 1. The summed E-state index contributed by atoms with van der Waals surface area (Å²) >= 11 is 1.37. The molecule has 28 heavy (non-hydrogen) atoms. The molecule has 7 heteroatoms. The maximum absolute atomic E-state index is 12.3. The van der Waals surface area contributed by atoms with Gasteiger partial charge in [-0.1, -0.05) is 53.2 Å². The maximum Gasteiger partial charge on any atom is 0.234 e. The number of aryl methyl sites for hydroxylation is 2. The van der Waals surface area contributed by atoms with Crippen LogP contribution in [0.4, 0.5) is 5.69 Å². The smallest absolute Gasteiger partial charge is 0.234 e. The molecule has 146 valence electrons. The monoisotopic (exact) mass is 396 g/mol. The highest BCUT2D eigenvalue weighted by Gasteiger charge is 2.16. The molecule has 2 aromatic carbocycles. The second-order valence-corrected chi connectivity index (χ2v) is 7.47. The highest BCUT2D eigenvalue weighted by atomic mass is 32.2. The third-order valence-corrected chi connectivity index (χ3v) is 5.15. The molecule has 0 atom stereocenters. The number of aromatic nitrogens is 3. The molecule has 1 heterocycles. The lowest BCUT2D eigenvalue weighted by Gasteiger charge is -2.10. The minimum absolute atomic E-state index is 0.0766. The van der Waals surface area contributed by atoms with Gasteiger partial charge in [-0.05, 0) is 32.0 Å². The fourth-order valence-corrected chi connectivity index (χ4v) is 3.51. The highest BCUT2D eigenvalue weighted by molar-refractivity contribution is 7.99. The molecule has 0 aliphatic rings. The Morgan fingerprint density at radius 3 is 2.61 bits per heavy atom. The summed E-state index contributed by atoms with van der Waals surface area (Å²) in [6, 6.07) is 15.9. The van der Waals surface area contributed by atoms with Crippen LogP contribution in [0.5, 0.6) is 0 Å². The molecule has 6 nitrogen and oxygen atoms in total. The molecule has 0 bridgehead atoms. The van der Waals surface area contributed by atoms with Crippen molar-refractivity contribution in [1.82, 2.24) is 14.8 Å². The number of carbonyl (C=O) groups excluding carboxylic acids is 1. The van der Waals surface area contributed by atoms with E-state index in [9.17, 15) is 4.79 Å². The predicted molar refractivity (Wildman–Crippen MR) is 113 cm³/mol. The quantitative estimate of drug-likeness (QED) is 0.584. The molecule has 0 aliphatic heterocycles. The topological polar surface area (TPSA) is 69.0 Å². The Morgan fingerprint density at radius 1 is 1.11 bits per heavy atom. The van der Waals surface area contributed by atoms with Gasteiger partial charge in [-0.15, -0.1) is 10.2 Å². The van der Waals surface area contributed by atoms with Crippen molar-refractivity contribution < 1.29 is 9.53 Å². The average molecular weight is 397 g/mol. The number of hydrogen-bond acceptors (Lipinski definition) is 5. The summed E-state index contributed by atoms with van der Waals surface area (Å²) < 4.78 is 7.24. The van der Waals surface area contributed by atoms with E-state index >= 15 is 0 Å². The van der Waals surface area contributed by atoms with E-state index in [1.54, 1.807) is 7.11 Å². The Hall–Kier alpha value is -2.64. The van der Waals surface area contributed by atoms with Gasteiger partial charge in [0.2, 0.25) is 5.91 Å². The first-order chi connectivity index (χ1) is 13.6. The van der Waals surface area contributed by atoms with Crippen molar-refractivity contribution in [1.29, 1.82) is 0 Å². The lowest BCUT2D eigenvalue weighted by atomic mass is 10.1.